The minimum atomic E-state index is -3.91. The van der Waals surface area contributed by atoms with E-state index in [1.54, 1.807) is 48.5 Å². The van der Waals surface area contributed by atoms with Crippen molar-refractivity contribution in [2.75, 3.05) is 6.54 Å². The lowest BCUT2D eigenvalue weighted by Crippen LogP contribution is -2.22. The molecule has 8 heteroatoms. The van der Waals surface area contributed by atoms with Gasteiger partial charge in [0.1, 0.15) is 6.29 Å². The van der Waals surface area contributed by atoms with Crippen LogP contribution in [0.25, 0.3) is 10.9 Å². The van der Waals surface area contributed by atoms with Crippen LogP contribution in [0.4, 0.5) is 0 Å². The second kappa shape index (κ2) is 8.79. The van der Waals surface area contributed by atoms with E-state index in [1.807, 2.05) is 13.8 Å². The third-order valence-corrected chi connectivity index (χ3v) is 7.03. The van der Waals surface area contributed by atoms with Gasteiger partial charge in [-0.1, -0.05) is 49.2 Å². The number of nitrogens with zero attached hydrogens (tertiary/aromatic N) is 2. The first-order valence-electron chi connectivity index (χ1n) is 9.79. The van der Waals surface area contributed by atoms with E-state index in [2.05, 4.69) is 0 Å². The second-order valence-electron chi connectivity index (χ2n) is 7.43. The summed E-state index contributed by atoms with van der Waals surface area (Å²) in [5, 5.41) is 12.0. The Hall–Kier alpha value is -3.00. The first kappa shape index (κ1) is 21.7. The largest absolute Gasteiger partial charge is 0.303 e. The zero-order valence-corrected chi connectivity index (χ0v) is 17.7. The lowest BCUT2D eigenvalue weighted by Gasteiger charge is -2.18. The molecule has 2 aromatic carbocycles. The minimum absolute atomic E-state index is 0.131. The number of aldehydes is 1. The second-order valence-corrected chi connectivity index (χ2v) is 9.24. The number of fused-ring (bicyclic) bond motifs is 1. The van der Waals surface area contributed by atoms with E-state index in [0.717, 1.165) is 11.8 Å². The summed E-state index contributed by atoms with van der Waals surface area (Å²) in [5.74, 6) is -1.28. The molecule has 0 bridgehead atoms. The van der Waals surface area contributed by atoms with Crippen LogP contribution in [0.2, 0.25) is 0 Å². The molecule has 0 spiro atoms. The fourth-order valence-electron chi connectivity index (χ4n) is 3.82. The van der Waals surface area contributed by atoms with Gasteiger partial charge < -0.3 is 4.79 Å². The molecule has 3 aromatic rings. The molecule has 0 N–H and O–H groups in total. The zero-order chi connectivity index (χ0) is 21.9. The van der Waals surface area contributed by atoms with Crippen molar-refractivity contribution in [3.05, 3.63) is 76.0 Å². The van der Waals surface area contributed by atoms with Gasteiger partial charge in [-0.2, -0.15) is 0 Å². The highest BCUT2D eigenvalue weighted by Crippen LogP contribution is 2.35. The van der Waals surface area contributed by atoms with Crippen molar-refractivity contribution in [3.8, 4) is 0 Å². The molecule has 0 aliphatic heterocycles. The number of para-hydroxylation sites is 1. The van der Waals surface area contributed by atoms with E-state index >= 15 is 0 Å². The van der Waals surface area contributed by atoms with Gasteiger partial charge >= 0.3 is 0 Å². The van der Waals surface area contributed by atoms with Crippen molar-refractivity contribution in [1.29, 1.82) is 0 Å². The van der Waals surface area contributed by atoms with Crippen LogP contribution in [0, 0.1) is 23.0 Å². The van der Waals surface area contributed by atoms with Gasteiger partial charge in [0.2, 0.25) is 6.54 Å². The van der Waals surface area contributed by atoms with Crippen molar-refractivity contribution >= 4 is 27.2 Å². The fraction of sp³-hybridized carbons (Fsp3) is 0.318. The summed E-state index contributed by atoms with van der Waals surface area (Å²) in [6.45, 7) is 3.34. The van der Waals surface area contributed by atoms with Gasteiger partial charge in [0.25, 0.3) is 10.0 Å². The Balaban J connectivity index is 2.23. The van der Waals surface area contributed by atoms with Crippen molar-refractivity contribution < 1.29 is 18.1 Å². The number of nitro groups is 1. The van der Waals surface area contributed by atoms with Gasteiger partial charge in [-0.05, 0) is 37.1 Å². The molecule has 1 heterocycles. The first-order chi connectivity index (χ1) is 14.3. The molecule has 0 radical (unpaired) electrons. The monoisotopic (exact) mass is 428 g/mol. The normalized spacial score (nSPS) is 13.8. The molecule has 0 aliphatic rings. The van der Waals surface area contributed by atoms with Crippen LogP contribution in [0.15, 0.2) is 59.6 Å². The molecule has 2 atom stereocenters. The maximum Gasteiger partial charge on any atom is 0.268 e. The Kier molecular flexibility index (Phi) is 6.36. The van der Waals surface area contributed by atoms with Crippen LogP contribution >= 0.6 is 0 Å². The number of hydrogen-bond donors (Lipinski definition) is 0. The topological polar surface area (TPSA) is 99.3 Å². The molecule has 0 saturated carbocycles. The van der Waals surface area contributed by atoms with Crippen molar-refractivity contribution in [2.45, 2.75) is 37.5 Å². The first-order valence-corrected chi connectivity index (χ1v) is 11.2. The van der Waals surface area contributed by atoms with Crippen LogP contribution in [0.5, 0.6) is 0 Å². The molecule has 30 heavy (non-hydrogen) atoms. The molecule has 0 unspecified atom stereocenters. The molecule has 0 saturated heterocycles. The SMILES string of the molecule is CCC[C@H](C=O)[C@@H](C[N+](=O)[O-])c1cn(S(=O)(=O)c2ccc(C)cc2)c2ccccc12. The Morgan fingerprint density at radius 3 is 2.40 bits per heavy atom. The Bertz CT molecular complexity index is 1170. The fourth-order valence-corrected chi connectivity index (χ4v) is 5.19. The summed E-state index contributed by atoms with van der Waals surface area (Å²) < 4.78 is 27.9. The summed E-state index contributed by atoms with van der Waals surface area (Å²) in [5.41, 5.74) is 1.87. The number of aryl methyl sites for hydroxylation is 1. The Labute approximate surface area is 175 Å². The minimum Gasteiger partial charge on any atom is -0.303 e. The van der Waals surface area contributed by atoms with E-state index in [1.165, 1.54) is 10.2 Å². The maximum absolute atomic E-state index is 13.3. The number of aromatic nitrogens is 1. The average molecular weight is 429 g/mol. The molecule has 0 fully saturated rings. The molecular formula is C22H24N2O5S. The third-order valence-electron chi connectivity index (χ3n) is 5.35. The van der Waals surface area contributed by atoms with Crippen molar-refractivity contribution in [2.24, 2.45) is 5.92 Å². The van der Waals surface area contributed by atoms with Gasteiger partial charge in [-0.3, -0.25) is 10.1 Å². The smallest absolute Gasteiger partial charge is 0.268 e. The number of benzene rings is 2. The number of carbonyl (C=O) groups excluding carboxylic acids is 1. The Morgan fingerprint density at radius 2 is 1.80 bits per heavy atom. The number of rotatable bonds is 9. The predicted octanol–water partition coefficient (Wildman–Crippen LogP) is 4.16. The van der Waals surface area contributed by atoms with Crippen LogP contribution in [0.3, 0.4) is 0 Å². The van der Waals surface area contributed by atoms with Crippen molar-refractivity contribution in [1.82, 2.24) is 3.97 Å². The molecule has 3 rings (SSSR count). The van der Waals surface area contributed by atoms with Gasteiger partial charge in [0.15, 0.2) is 0 Å². The molecule has 1 aromatic heterocycles. The quantitative estimate of drug-likeness (QED) is 0.289. The van der Waals surface area contributed by atoms with E-state index < -0.39 is 33.3 Å². The summed E-state index contributed by atoms with van der Waals surface area (Å²) >= 11 is 0. The molecule has 7 nitrogen and oxygen atoms in total. The predicted molar refractivity (Wildman–Crippen MR) is 115 cm³/mol. The van der Waals surface area contributed by atoms with Crippen LogP contribution < -0.4 is 0 Å². The van der Waals surface area contributed by atoms with Crippen LogP contribution in [-0.4, -0.2) is 30.1 Å². The highest BCUT2D eigenvalue weighted by atomic mass is 32.2. The van der Waals surface area contributed by atoms with E-state index in [0.29, 0.717) is 29.3 Å². The van der Waals surface area contributed by atoms with Crippen LogP contribution in [0.1, 0.15) is 36.8 Å². The van der Waals surface area contributed by atoms with Gasteiger partial charge in [0.05, 0.1) is 16.3 Å². The van der Waals surface area contributed by atoms with Crippen molar-refractivity contribution in [3.63, 3.8) is 0 Å². The highest BCUT2D eigenvalue weighted by Gasteiger charge is 2.32. The molecule has 0 aliphatic carbocycles. The molecule has 0 amide bonds. The summed E-state index contributed by atoms with van der Waals surface area (Å²) in [7, 11) is -3.91. The lowest BCUT2D eigenvalue weighted by atomic mass is 9.84. The number of hydrogen-bond acceptors (Lipinski definition) is 5. The summed E-state index contributed by atoms with van der Waals surface area (Å²) in [4.78, 5) is 22.8. The van der Waals surface area contributed by atoms with E-state index in [9.17, 15) is 23.3 Å². The van der Waals surface area contributed by atoms with Crippen LogP contribution in [-0.2, 0) is 14.8 Å². The summed E-state index contributed by atoms with van der Waals surface area (Å²) in [6.07, 6.45) is 3.38. The van der Waals surface area contributed by atoms with Gasteiger partial charge in [-0.15, -0.1) is 0 Å². The molecule has 158 valence electrons. The zero-order valence-electron chi connectivity index (χ0n) is 16.9. The van der Waals surface area contributed by atoms with Gasteiger partial charge in [-0.25, -0.2) is 12.4 Å². The third kappa shape index (κ3) is 4.14. The maximum atomic E-state index is 13.3. The molecular weight excluding hydrogens is 404 g/mol. The average Bonchev–Trinajstić information content (AvgIpc) is 3.11. The lowest BCUT2D eigenvalue weighted by molar-refractivity contribution is -0.484. The van der Waals surface area contributed by atoms with E-state index in [-0.39, 0.29) is 4.90 Å². The Morgan fingerprint density at radius 1 is 1.13 bits per heavy atom. The number of carbonyl (C=O) groups is 1. The van der Waals surface area contributed by atoms with Gasteiger partial charge in [0, 0.05) is 22.4 Å². The summed E-state index contributed by atoms with van der Waals surface area (Å²) in [6, 6.07) is 13.4. The van der Waals surface area contributed by atoms with E-state index in [4.69, 9.17) is 0 Å². The highest BCUT2D eigenvalue weighted by molar-refractivity contribution is 7.90. The standard InChI is InChI=1S/C22H24N2O5S/c1-3-6-17(15-25)20(14-24(26)27)21-13-23(22-8-5-4-7-19(21)22)30(28,29)18-11-9-16(2)10-12-18/h4-5,7-13,15,17,20H,3,6,14H2,1-2H3/t17-,20-/m1/s1.